The summed E-state index contributed by atoms with van der Waals surface area (Å²) in [6, 6.07) is 8.74. The highest BCUT2D eigenvalue weighted by Gasteiger charge is 2.32. The molecule has 1 aliphatic heterocycles. The van der Waals surface area contributed by atoms with Crippen molar-refractivity contribution < 1.29 is 9.53 Å². The number of benzene rings is 1. The molecule has 1 saturated heterocycles. The highest BCUT2D eigenvalue weighted by atomic mass is 16.6. The molecule has 128 valence electrons. The summed E-state index contributed by atoms with van der Waals surface area (Å²) >= 11 is 0. The van der Waals surface area contributed by atoms with Crippen LogP contribution in [0.25, 0.3) is 0 Å². The topological polar surface area (TPSA) is 55.6 Å². The molecule has 0 radical (unpaired) electrons. The second kappa shape index (κ2) is 7.35. The number of amides is 1. The molecular weight excluding hydrogens is 288 g/mol. The molecule has 1 aromatic carbocycles. The molecule has 1 aromatic rings. The number of likely N-dealkylation sites (tertiary alicyclic amines) is 1. The number of carbonyl (C=O) groups excluding carboxylic acids is 1. The third-order valence-electron chi connectivity index (χ3n) is 4.26. The Morgan fingerprint density at radius 2 is 1.96 bits per heavy atom. The second-order valence-corrected chi connectivity index (χ2v) is 7.48. The summed E-state index contributed by atoms with van der Waals surface area (Å²) < 4.78 is 5.44. The van der Waals surface area contributed by atoms with Crippen LogP contribution in [0, 0.1) is 0 Å². The van der Waals surface area contributed by atoms with Crippen LogP contribution in [0.2, 0.25) is 0 Å². The number of piperidine rings is 1. The van der Waals surface area contributed by atoms with Gasteiger partial charge in [0.15, 0.2) is 0 Å². The Morgan fingerprint density at radius 3 is 2.48 bits per heavy atom. The molecule has 0 bridgehead atoms. The van der Waals surface area contributed by atoms with E-state index in [0.717, 1.165) is 19.3 Å². The van der Waals surface area contributed by atoms with Crippen molar-refractivity contribution in [2.24, 2.45) is 5.73 Å². The Bertz CT molecular complexity index is 519. The normalized spacial score (nSPS) is 22.0. The average Bonchev–Trinajstić information content (AvgIpc) is 2.47. The molecule has 1 amide bonds. The van der Waals surface area contributed by atoms with Crippen molar-refractivity contribution in [3.63, 3.8) is 0 Å². The molecule has 4 nitrogen and oxygen atoms in total. The van der Waals surface area contributed by atoms with Crippen LogP contribution in [-0.4, -0.2) is 35.7 Å². The molecule has 2 rings (SSSR count). The minimum Gasteiger partial charge on any atom is -0.444 e. The SMILES string of the molecule is CCCc1ccc([C@@H]2CCN(C(=O)OC(C)(C)C)C[C@H]2N)cc1. The lowest BCUT2D eigenvalue weighted by Crippen LogP contribution is -2.50. The fourth-order valence-electron chi connectivity index (χ4n) is 3.11. The van der Waals surface area contributed by atoms with Gasteiger partial charge in [-0.2, -0.15) is 0 Å². The number of aryl methyl sites for hydroxylation is 1. The number of nitrogens with zero attached hydrogens (tertiary/aromatic N) is 1. The number of rotatable bonds is 3. The first-order valence-corrected chi connectivity index (χ1v) is 8.62. The van der Waals surface area contributed by atoms with Crippen LogP contribution in [-0.2, 0) is 11.2 Å². The van der Waals surface area contributed by atoms with Gasteiger partial charge in [-0.25, -0.2) is 4.79 Å². The van der Waals surface area contributed by atoms with Gasteiger partial charge >= 0.3 is 6.09 Å². The Balaban J connectivity index is 1.97. The van der Waals surface area contributed by atoms with E-state index in [0.29, 0.717) is 19.0 Å². The van der Waals surface area contributed by atoms with Crippen molar-refractivity contribution >= 4 is 6.09 Å². The maximum absolute atomic E-state index is 12.2. The van der Waals surface area contributed by atoms with Gasteiger partial charge in [-0.05, 0) is 44.7 Å². The van der Waals surface area contributed by atoms with E-state index >= 15 is 0 Å². The zero-order valence-electron chi connectivity index (χ0n) is 14.8. The van der Waals surface area contributed by atoms with Gasteiger partial charge in [0, 0.05) is 25.0 Å². The molecule has 4 heteroatoms. The van der Waals surface area contributed by atoms with E-state index in [9.17, 15) is 4.79 Å². The summed E-state index contributed by atoms with van der Waals surface area (Å²) in [4.78, 5) is 13.9. The van der Waals surface area contributed by atoms with Gasteiger partial charge in [-0.3, -0.25) is 0 Å². The summed E-state index contributed by atoms with van der Waals surface area (Å²) in [7, 11) is 0. The van der Waals surface area contributed by atoms with Crippen molar-refractivity contribution in [1.29, 1.82) is 0 Å². The summed E-state index contributed by atoms with van der Waals surface area (Å²) in [6.07, 6.45) is 2.90. The largest absolute Gasteiger partial charge is 0.444 e. The molecule has 0 saturated carbocycles. The lowest BCUT2D eigenvalue weighted by Gasteiger charge is -2.37. The van der Waals surface area contributed by atoms with Crippen molar-refractivity contribution in [3.05, 3.63) is 35.4 Å². The third kappa shape index (κ3) is 4.96. The van der Waals surface area contributed by atoms with Gasteiger partial charge in [-0.15, -0.1) is 0 Å². The maximum atomic E-state index is 12.2. The quantitative estimate of drug-likeness (QED) is 0.924. The monoisotopic (exact) mass is 318 g/mol. The van der Waals surface area contributed by atoms with Crippen LogP contribution in [0.5, 0.6) is 0 Å². The molecule has 23 heavy (non-hydrogen) atoms. The van der Waals surface area contributed by atoms with Gasteiger partial charge < -0.3 is 15.4 Å². The van der Waals surface area contributed by atoms with Crippen LogP contribution in [0.1, 0.15) is 57.6 Å². The van der Waals surface area contributed by atoms with Crippen LogP contribution in [0.15, 0.2) is 24.3 Å². The Kier molecular flexibility index (Phi) is 5.69. The number of carbonyl (C=O) groups is 1. The van der Waals surface area contributed by atoms with E-state index in [1.807, 2.05) is 20.8 Å². The standard InChI is InChI=1S/C19H30N2O2/c1-5-6-14-7-9-15(10-8-14)16-11-12-21(13-17(16)20)18(22)23-19(2,3)4/h7-10,16-17H,5-6,11-13,20H2,1-4H3/t16-,17+/m0/s1. The van der Waals surface area contributed by atoms with Crippen LogP contribution in [0.4, 0.5) is 4.79 Å². The predicted octanol–water partition coefficient (Wildman–Crippen LogP) is 3.69. The highest BCUT2D eigenvalue weighted by Crippen LogP contribution is 2.28. The molecule has 0 unspecified atom stereocenters. The lowest BCUT2D eigenvalue weighted by atomic mass is 9.85. The molecule has 0 spiro atoms. The average molecular weight is 318 g/mol. The first-order valence-electron chi connectivity index (χ1n) is 8.62. The fraction of sp³-hybridized carbons (Fsp3) is 0.632. The third-order valence-corrected chi connectivity index (χ3v) is 4.26. The van der Waals surface area contributed by atoms with Gasteiger partial charge in [0.2, 0.25) is 0 Å². The summed E-state index contributed by atoms with van der Waals surface area (Å²) in [5.41, 5.74) is 8.54. The minimum atomic E-state index is -0.465. The Labute approximate surface area is 140 Å². The minimum absolute atomic E-state index is 0.0479. The van der Waals surface area contributed by atoms with Gasteiger partial charge in [0.05, 0.1) is 0 Å². The van der Waals surface area contributed by atoms with E-state index in [-0.39, 0.29) is 12.1 Å². The molecule has 2 atom stereocenters. The van der Waals surface area contributed by atoms with Crippen LogP contribution < -0.4 is 5.73 Å². The van der Waals surface area contributed by atoms with Crippen molar-refractivity contribution in [2.75, 3.05) is 13.1 Å². The molecule has 2 N–H and O–H groups in total. The summed E-state index contributed by atoms with van der Waals surface area (Å²) in [5.74, 6) is 0.310. The Morgan fingerprint density at radius 1 is 1.30 bits per heavy atom. The van der Waals surface area contributed by atoms with Crippen LogP contribution >= 0.6 is 0 Å². The zero-order valence-corrected chi connectivity index (χ0v) is 14.8. The zero-order chi connectivity index (χ0) is 17.0. The Hall–Kier alpha value is -1.55. The van der Waals surface area contributed by atoms with Crippen LogP contribution in [0.3, 0.4) is 0 Å². The van der Waals surface area contributed by atoms with E-state index < -0.39 is 5.60 Å². The number of hydrogen-bond acceptors (Lipinski definition) is 3. The number of hydrogen-bond donors (Lipinski definition) is 1. The van der Waals surface area contributed by atoms with Gasteiger partial charge in [0.1, 0.15) is 5.60 Å². The lowest BCUT2D eigenvalue weighted by molar-refractivity contribution is 0.0186. The first kappa shape index (κ1) is 17.8. The summed E-state index contributed by atoms with van der Waals surface area (Å²) in [5, 5.41) is 0. The van der Waals surface area contributed by atoms with Crippen molar-refractivity contribution in [2.45, 2.75) is 64.5 Å². The fourth-order valence-corrected chi connectivity index (χ4v) is 3.11. The van der Waals surface area contributed by atoms with E-state index in [1.165, 1.54) is 11.1 Å². The first-order chi connectivity index (χ1) is 10.8. The van der Waals surface area contributed by atoms with E-state index in [2.05, 4.69) is 31.2 Å². The molecule has 0 aliphatic carbocycles. The molecule has 1 aliphatic rings. The maximum Gasteiger partial charge on any atom is 0.410 e. The number of ether oxygens (including phenoxy) is 1. The number of nitrogens with two attached hydrogens (primary N) is 1. The van der Waals surface area contributed by atoms with Gasteiger partial charge in [0.25, 0.3) is 0 Å². The van der Waals surface area contributed by atoms with E-state index in [4.69, 9.17) is 10.5 Å². The van der Waals surface area contributed by atoms with Crippen molar-refractivity contribution in [3.8, 4) is 0 Å². The highest BCUT2D eigenvalue weighted by molar-refractivity contribution is 5.68. The van der Waals surface area contributed by atoms with Crippen molar-refractivity contribution in [1.82, 2.24) is 4.90 Å². The van der Waals surface area contributed by atoms with E-state index in [1.54, 1.807) is 4.90 Å². The molecule has 0 aromatic heterocycles. The smallest absolute Gasteiger partial charge is 0.410 e. The molecular formula is C19H30N2O2. The van der Waals surface area contributed by atoms with Gasteiger partial charge in [-0.1, -0.05) is 37.6 Å². The molecule has 1 fully saturated rings. The predicted molar refractivity (Wildman–Crippen MR) is 93.6 cm³/mol. The molecule has 1 heterocycles. The second-order valence-electron chi connectivity index (χ2n) is 7.48. The summed E-state index contributed by atoms with van der Waals surface area (Å²) in [6.45, 7) is 9.09.